The zero-order valence-electron chi connectivity index (χ0n) is 20.0. The van der Waals surface area contributed by atoms with Crippen LogP contribution >= 0.6 is 23.4 Å². The van der Waals surface area contributed by atoms with E-state index in [-0.39, 0.29) is 11.2 Å². The minimum absolute atomic E-state index is 0.0353. The van der Waals surface area contributed by atoms with Gasteiger partial charge >= 0.3 is 0 Å². The van der Waals surface area contributed by atoms with E-state index >= 15 is 0 Å². The molecule has 0 bridgehead atoms. The Morgan fingerprint density at radius 2 is 1.83 bits per heavy atom. The Bertz CT molecular complexity index is 1580. The fourth-order valence-electron chi connectivity index (χ4n) is 4.22. The molecule has 36 heavy (non-hydrogen) atoms. The van der Waals surface area contributed by atoms with Crippen molar-refractivity contribution < 1.29 is 4.79 Å². The minimum atomic E-state index is -0.263. The molecular formula is C29H25ClN4OS. The minimum Gasteiger partial charge on any atom is -0.341 e. The maximum Gasteiger partial charge on any atom is 0.237 e. The van der Waals surface area contributed by atoms with Crippen LogP contribution < -0.4 is 5.32 Å². The number of anilines is 1. The molecule has 1 atom stereocenters. The molecule has 0 saturated heterocycles. The third-order valence-corrected chi connectivity index (χ3v) is 7.44. The molecule has 0 aliphatic carbocycles. The lowest BCUT2D eigenvalue weighted by Crippen LogP contribution is -2.22. The first kappa shape index (κ1) is 24.1. The Hall–Kier alpha value is -3.61. The Morgan fingerprint density at radius 3 is 2.61 bits per heavy atom. The van der Waals surface area contributed by atoms with Gasteiger partial charge in [-0.2, -0.15) is 0 Å². The molecule has 180 valence electrons. The fraction of sp³-hybridized carbons (Fsp3) is 0.138. The molecule has 5 aromatic rings. The number of benzene rings is 3. The summed E-state index contributed by atoms with van der Waals surface area (Å²) in [6.07, 6.45) is 3.34. The highest BCUT2D eigenvalue weighted by atomic mass is 35.5. The van der Waals surface area contributed by atoms with E-state index in [0.29, 0.717) is 5.15 Å². The second kappa shape index (κ2) is 10.6. The Morgan fingerprint density at radius 1 is 1.06 bits per heavy atom. The van der Waals surface area contributed by atoms with E-state index in [1.807, 2.05) is 49.4 Å². The maximum absolute atomic E-state index is 13.0. The van der Waals surface area contributed by atoms with Crippen molar-refractivity contribution in [1.82, 2.24) is 9.55 Å². The van der Waals surface area contributed by atoms with Crippen LogP contribution in [0, 0.1) is 0 Å². The molecule has 0 fully saturated rings. The molecule has 1 N–H and O–H groups in total. The van der Waals surface area contributed by atoms with E-state index in [4.69, 9.17) is 11.6 Å². The van der Waals surface area contributed by atoms with Gasteiger partial charge in [0.15, 0.2) is 0 Å². The van der Waals surface area contributed by atoms with Gasteiger partial charge in [-0.25, -0.2) is 4.98 Å². The highest BCUT2D eigenvalue weighted by Crippen LogP contribution is 2.32. The molecule has 0 aliphatic rings. The number of aryl methyl sites for hydroxylation is 1. The van der Waals surface area contributed by atoms with Crippen molar-refractivity contribution in [3.05, 3.63) is 95.8 Å². The fourth-order valence-corrected chi connectivity index (χ4v) is 5.26. The summed E-state index contributed by atoms with van der Waals surface area (Å²) in [6.45, 7) is 4.96. The summed E-state index contributed by atoms with van der Waals surface area (Å²) >= 11 is 7.59. The largest absolute Gasteiger partial charge is 0.341 e. The number of aromatic nitrogens is 2. The molecule has 7 heteroatoms. The molecule has 2 heterocycles. The van der Waals surface area contributed by atoms with E-state index < -0.39 is 0 Å². The van der Waals surface area contributed by atoms with Crippen LogP contribution in [0.2, 0.25) is 5.15 Å². The van der Waals surface area contributed by atoms with Crippen LogP contribution in [0.5, 0.6) is 0 Å². The summed E-state index contributed by atoms with van der Waals surface area (Å²) in [6, 6.07) is 26.0. The third-order valence-electron chi connectivity index (χ3n) is 6.02. The van der Waals surface area contributed by atoms with Crippen molar-refractivity contribution >= 4 is 68.7 Å². The van der Waals surface area contributed by atoms with Crippen molar-refractivity contribution in [2.24, 2.45) is 4.99 Å². The zero-order chi connectivity index (χ0) is 25.1. The number of aliphatic imine (C=N–C) groups is 1. The summed E-state index contributed by atoms with van der Waals surface area (Å²) in [5, 5.41) is 5.59. The lowest BCUT2D eigenvalue weighted by atomic mass is 10.1. The first-order chi connectivity index (χ1) is 17.5. The highest BCUT2D eigenvalue weighted by Gasteiger charge is 2.16. The lowest BCUT2D eigenvalue weighted by molar-refractivity contribution is -0.115. The molecular weight excluding hydrogens is 488 g/mol. The monoisotopic (exact) mass is 512 g/mol. The molecule has 5 nitrogen and oxygen atoms in total. The highest BCUT2D eigenvalue weighted by molar-refractivity contribution is 8.00. The van der Waals surface area contributed by atoms with Crippen LogP contribution in [0.3, 0.4) is 0 Å². The Labute approximate surface area is 219 Å². The number of nitrogens with zero attached hydrogens (tertiary/aromatic N) is 3. The van der Waals surface area contributed by atoms with Gasteiger partial charge in [-0.3, -0.25) is 9.79 Å². The van der Waals surface area contributed by atoms with Gasteiger partial charge in [0, 0.05) is 56.9 Å². The number of nitrogens with one attached hydrogen (secondary N) is 1. The molecule has 3 aromatic carbocycles. The Balaban J connectivity index is 1.26. The normalized spacial score (nSPS) is 12.4. The smallest absolute Gasteiger partial charge is 0.237 e. The molecule has 0 saturated carbocycles. The predicted octanol–water partition coefficient (Wildman–Crippen LogP) is 7.73. The van der Waals surface area contributed by atoms with E-state index in [1.54, 1.807) is 12.4 Å². The van der Waals surface area contributed by atoms with Crippen molar-refractivity contribution in [1.29, 1.82) is 0 Å². The van der Waals surface area contributed by atoms with Crippen LogP contribution in [0.25, 0.3) is 21.8 Å². The van der Waals surface area contributed by atoms with Gasteiger partial charge < -0.3 is 9.88 Å². The first-order valence-electron chi connectivity index (χ1n) is 11.8. The molecule has 5 rings (SSSR count). The number of fused-ring (bicyclic) bond motifs is 3. The topological polar surface area (TPSA) is 59.3 Å². The average Bonchev–Trinajstić information content (AvgIpc) is 3.22. The second-order valence-corrected chi connectivity index (χ2v) is 10.2. The standard InChI is InChI=1S/C29H25ClN4OS/c1-3-34-26-9-5-4-8-24(26)25-17-22(12-15-27(25)34)33-29(35)19(2)36-23-13-10-21(11-14-23)32-18-20-7-6-16-31-28(20)30/h4-19H,3H2,1-2H3,(H,33,35)/t19-/m1/s1. The number of amides is 1. The van der Waals surface area contributed by atoms with E-state index in [2.05, 4.69) is 63.2 Å². The molecule has 1 amide bonds. The van der Waals surface area contributed by atoms with Gasteiger partial charge in [0.1, 0.15) is 5.15 Å². The summed E-state index contributed by atoms with van der Waals surface area (Å²) in [4.78, 5) is 22.5. The number of carbonyl (C=O) groups excluding carboxylic acids is 1. The van der Waals surface area contributed by atoms with Gasteiger partial charge in [-0.15, -0.1) is 11.8 Å². The van der Waals surface area contributed by atoms with Crippen LogP contribution in [0.1, 0.15) is 19.4 Å². The summed E-state index contributed by atoms with van der Waals surface area (Å²) in [5.74, 6) is -0.0353. The van der Waals surface area contributed by atoms with Crippen molar-refractivity contribution in [3.8, 4) is 0 Å². The quantitative estimate of drug-likeness (QED) is 0.138. The number of thioether (sulfide) groups is 1. The molecule has 0 unspecified atom stereocenters. The first-order valence-corrected chi connectivity index (χ1v) is 13.0. The van der Waals surface area contributed by atoms with E-state index in [0.717, 1.165) is 33.8 Å². The number of rotatable bonds is 7. The number of hydrogen-bond acceptors (Lipinski definition) is 4. The van der Waals surface area contributed by atoms with Crippen molar-refractivity contribution in [2.75, 3.05) is 5.32 Å². The summed E-state index contributed by atoms with van der Waals surface area (Å²) in [7, 11) is 0. The molecule has 0 spiro atoms. The number of halogens is 1. The molecule has 2 aromatic heterocycles. The summed E-state index contributed by atoms with van der Waals surface area (Å²) < 4.78 is 2.30. The van der Waals surface area contributed by atoms with Crippen LogP contribution in [0.15, 0.2) is 94.9 Å². The number of para-hydroxylation sites is 1. The molecule has 0 aliphatic heterocycles. The molecule has 0 radical (unpaired) electrons. The number of hydrogen-bond donors (Lipinski definition) is 1. The van der Waals surface area contributed by atoms with Gasteiger partial charge in [0.25, 0.3) is 0 Å². The van der Waals surface area contributed by atoms with Crippen LogP contribution in [0.4, 0.5) is 11.4 Å². The average molecular weight is 513 g/mol. The van der Waals surface area contributed by atoms with Gasteiger partial charge in [-0.05, 0) is 74.5 Å². The maximum atomic E-state index is 13.0. The zero-order valence-corrected chi connectivity index (χ0v) is 21.6. The third kappa shape index (κ3) is 5.01. The van der Waals surface area contributed by atoms with E-state index in [9.17, 15) is 4.79 Å². The Kier molecular flexibility index (Phi) is 7.07. The van der Waals surface area contributed by atoms with Gasteiger partial charge in [0.05, 0.1) is 10.9 Å². The second-order valence-electron chi connectivity index (χ2n) is 8.38. The van der Waals surface area contributed by atoms with E-state index in [1.165, 1.54) is 28.2 Å². The SMILES string of the molecule is CCn1c2ccccc2c2cc(NC(=O)[C@@H](C)Sc3ccc(N=Cc4cccnc4Cl)cc3)ccc21. The predicted molar refractivity (Wildman–Crippen MR) is 152 cm³/mol. The van der Waals surface area contributed by atoms with Crippen LogP contribution in [-0.2, 0) is 11.3 Å². The summed E-state index contributed by atoms with van der Waals surface area (Å²) in [5.41, 5.74) is 4.75. The van der Waals surface area contributed by atoms with Crippen LogP contribution in [-0.4, -0.2) is 26.9 Å². The van der Waals surface area contributed by atoms with Gasteiger partial charge in [0.2, 0.25) is 5.91 Å². The lowest BCUT2D eigenvalue weighted by Gasteiger charge is -2.12. The van der Waals surface area contributed by atoms with Gasteiger partial charge in [-0.1, -0.05) is 29.8 Å². The van der Waals surface area contributed by atoms with Crippen molar-refractivity contribution in [2.45, 2.75) is 30.5 Å². The number of pyridine rings is 1. The van der Waals surface area contributed by atoms with Crippen molar-refractivity contribution in [3.63, 3.8) is 0 Å². The number of carbonyl (C=O) groups is 1.